The molecule has 2 fully saturated rings. The maximum absolute atomic E-state index is 14.3. The fraction of sp³-hybridized carbons (Fsp3) is 0.333. The van der Waals surface area contributed by atoms with Gasteiger partial charge >= 0.3 is 0 Å². The number of hydrogen-bond donors (Lipinski definition) is 0. The van der Waals surface area contributed by atoms with Gasteiger partial charge in [0.2, 0.25) is 0 Å². The van der Waals surface area contributed by atoms with Crippen molar-refractivity contribution in [1.82, 2.24) is 4.90 Å². The van der Waals surface area contributed by atoms with E-state index in [-0.39, 0.29) is 17.6 Å². The van der Waals surface area contributed by atoms with Gasteiger partial charge < -0.3 is 9.47 Å². The second-order valence-corrected chi connectivity index (χ2v) is 9.07. The van der Waals surface area contributed by atoms with E-state index in [1.54, 1.807) is 48.4 Å². The van der Waals surface area contributed by atoms with Crippen molar-refractivity contribution in [3.63, 3.8) is 0 Å². The van der Waals surface area contributed by atoms with E-state index in [0.717, 1.165) is 32.1 Å². The van der Waals surface area contributed by atoms with Crippen molar-refractivity contribution in [1.29, 1.82) is 0 Å². The molecule has 5 nitrogen and oxygen atoms in total. The number of ether oxygens (including phenoxy) is 2. The van der Waals surface area contributed by atoms with Gasteiger partial charge in [-0.15, -0.1) is 0 Å². The normalized spacial score (nSPS) is 19.8. The zero-order chi connectivity index (χ0) is 22.7. The number of carbonyl (C=O) groups is 1. The number of rotatable bonds is 5. The van der Waals surface area contributed by atoms with Crippen LogP contribution in [-0.2, 0) is 4.79 Å². The van der Waals surface area contributed by atoms with Crippen LogP contribution in [0.1, 0.15) is 37.7 Å². The van der Waals surface area contributed by atoms with E-state index in [1.165, 1.54) is 24.9 Å². The van der Waals surface area contributed by atoms with Gasteiger partial charge in [0.25, 0.3) is 5.91 Å². The van der Waals surface area contributed by atoms with Crippen molar-refractivity contribution in [2.24, 2.45) is 4.99 Å². The predicted octanol–water partition coefficient (Wildman–Crippen LogP) is 6.43. The zero-order valence-electron chi connectivity index (χ0n) is 17.9. The van der Waals surface area contributed by atoms with Crippen LogP contribution in [-0.4, -0.2) is 36.2 Å². The molecule has 1 heterocycles. The number of nitrogens with zero attached hydrogens (tertiary/aromatic N) is 2. The fourth-order valence-corrected chi connectivity index (χ4v) is 5.24. The van der Waals surface area contributed by atoms with Crippen LogP contribution in [0.2, 0.25) is 5.02 Å². The number of aliphatic imine (C=N–C) groups is 1. The van der Waals surface area contributed by atoms with Crippen molar-refractivity contribution in [3.05, 3.63) is 57.7 Å². The molecule has 0 unspecified atom stereocenters. The highest BCUT2D eigenvalue weighted by molar-refractivity contribution is 8.18. The first-order valence-electron chi connectivity index (χ1n) is 10.5. The summed E-state index contributed by atoms with van der Waals surface area (Å²) in [5, 5.41) is 0.933. The van der Waals surface area contributed by atoms with Gasteiger partial charge in [-0.1, -0.05) is 43.0 Å². The van der Waals surface area contributed by atoms with Gasteiger partial charge in [0.15, 0.2) is 16.7 Å². The van der Waals surface area contributed by atoms with E-state index < -0.39 is 5.82 Å². The molecule has 1 saturated carbocycles. The molecule has 1 aliphatic carbocycles. The number of amidine groups is 1. The van der Waals surface area contributed by atoms with E-state index in [0.29, 0.717) is 32.2 Å². The number of halogens is 2. The van der Waals surface area contributed by atoms with Crippen LogP contribution < -0.4 is 9.47 Å². The molecular weight excluding hydrogens is 451 g/mol. The third kappa shape index (κ3) is 4.64. The van der Waals surface area contributed by atoms with E-state index in [2.05, 4.69) is 4.99 Å². The summed E-state index contributed by atoms with van der Waals surface area (Å²) in [5.74, 6) is 0.471. The van der Waals surface area contributed by atoms with Crippen molar-refractivity contribution in [3.8, 4) is 11.5 Å². The summed E-state index contributed by atoms with van der Waals surface area (Å²) in [7, 11) is 3.08. The van der Waals surface area contributed by atoms with Crippen LogP contribution in [0.3, 0.4) is 0 Å². The lowest BCUT2D eigenvalue weighted by Crippen LogP contribution is -2.40. The highest BCUT2D eigenvalue weighted by Crippen LogP contribution is 2.41. The van der Waals surface area contributed by atoms with E-state index in [1.807, 2.05) is 0 Å². The van der Waals surface area contributed by atoms with Crippen LogP contribution in [0.4, 0.5) is 10.1 Å². The maximum atomic E-state index is 14.3. The Labute approximate surface area is 196 Å². The minimum atomic E-state index is -0.419. The number of methoxy groups -OCH3 is 2. The van der Waals surface area contributed by atoms with E-state index in [4.69, 9.17) is 21.1 Å². The lowest BCUT2D eigenvalue weighted by Gasteiger charge is -2.30. The lowest BCUT2D eigenvalue weighted by atomic mass is 9.94. The molecule has 0 aromatic heterocycles. The van der Waals surface area contributed by atoms with Crippen LogP contribution in [0.5, 0.6) is 11.5 Å². The van der Waals surface area contributed by atoms with Gasteiger partial charge in [0.05, 0.1) is 24.1 Å². The van der Waals surface area contributed by atoms with Gasteiger partial charge in [-0.05, 0) is 54.4 Å². The summed E-state index contributed by atoms with van der Waals surface area (Å²) < 4.78 is 24.9. The van der Waals surface area contributed by atoms with Crippen LogP contribution >= 0.6 is 23.4 Å². The largest absolute Gasteiger partial charge is 0.493 e. The highest BCUT2D eigenvalue weighted by Gasteiger charge is 2.39. The minimum Gasteiger partial charge on any atom is -0.493 e. The average molecular weight is 475 g/mol. The molecule has 0 N–H and O–H groups in total. The van der Waals surface area contributed by atoms with Crippen molar-refractivity contribution >= 4 is 46.2 Å². The molecule has 1 aliphatic heterocycles. The Kier molecular flexibility index (Phi) is 7.06. The molecule has 0 radical (unpaired) electrons. The van der Waals surface area contributed by atoms with Crippen molar-refractivity contribution < 1.29 is 18.7 Å². The lowest BCUT2D eigenvalue weighted by molar-refractivity contribution is -0.124. The second-order valence-electron chi connectivity index (χ2n) is 7.65. The summed E-state index contributed by atoms with van der Waals surface area (Å²) in [4.78, 5) is 20.2. The van der Waals surface area contributed by atoms with Crippen LogP contribution in [0, 0.1) is 5.82 Å². The summed E-state index contributed by atoms with van der Waals surface area (Å²) in [6.45, 7) is 0. The Morgan fingerprint density at radius 1 is 1.12 bits per heavy atom. The number of carbonyl (C=O) groups excluding carboxylic acids is 1. The zero-order valence-corrected chi connectivity index (χ0v) is 19.5. The molecule has 1 amide bonds. The molecule has 2 aliphatic rings. The second kappa shape index (κ2) is 9.96. The number of thioether (sulfide) groups is 1. The minimum absolute atomic E-state index is 0.0565. The SMILES string of the molecule is COc1cc(Cl)c(/C=C2\SC(=Nc3ccccc3F)N(C3CCCCC3)C2=O)cc1OC. The molecular formula is C24H24ClFN2O3S. The van der Waals surface area contributed by atoms with Gasteiger partial charge in [0, 0.05) is 12.1 Å². The van der Waals surface area contributed by atoms with Crippen molar-refractivity contribution in [2.45, 2.75) is 38.1 Å². The molecule has 168 valence electrons. The molecule has 8 heteroatoms. The van der Waals surface area contributed by atoms with Crippen LogP contribution in [0.15, 0.2) is 46.3 Å². The highest BCUT2D eigenvalue weighted by atomic mass is 35.5. The topological polar surface area (TPSA) is 51.1 Å². The third-order valence-electron chi connectivity index (χ3n) is 5.63. The molecule has 0 atom stereocenters. The Balaban J connectivity index is 1.75. The Hall–Kier alpha value is -2.51. The number of hydrogen-bond acceptors (Lipinski definition) is 5. The molecule has 4 rings (SSSR count). The monoisotopic (exact) mass is 474 g/mol. The number of benzene rings is 2. The summed E-state index contributed by atoms with van der Waals surface area (Å²) in [5.41, 5.74) is 0.852. The van der Waals surface area contributed by atoms with E-state index in [9.17, 15) is 9.18 Å². The first kappa shape index (κ1) is 22.7. The van der Waals surface area contributed by atoms with Gasteiger partial charge in [0.1, 0.15) is 11.5 Å². The smallest absolute Gasteiger partial charge is 0.267 e. The third-order valence-corrected chi connectivity index (χ3v) is 6.95. The Morgan fingerprint density at radius 3 is 2.50 bits per heavy atom. The average Bonchev–Trinajstić information content (AvgIpc) is 3.11. The molecule has 1 saturated heterocycles. The Bertz CT molecular complexity index is 1080. The molecule has 2 aromatic carbocycles. The van der Waals surface area contributed by atoms with Crippen LogP contribution in [0.25, 0.3) is 6.08 Å². The van der Waals surface area contributed by atoms with Gasteiger partial charge in [-0.3, -0.25) is 9.69 Å². The summed E-state index contributed by atoms with van der Waals surface area (Å²) in [6.07, 6.45) is 6.84. The summed E-state index contributed by atoms with van der Waals surface area (Å²) in [6, 6.07) is 9.78. The predicted molar refractivity (Wildman–Crippen MR) is 127 cm³/mol. The number of para-hydroxylation sites is 1. The molecule has 32 heavy (non-hydrogen) atoms. The first-order valence-corrected chi connectivity index (χ1v) is 11.7. The van der Waals surface area contributed by atoms with E-state index >= 15 is 0 Å². The van der Waals surface area contributed by atoms with Gasteiger partial charge in [-0.2, -0.15) is 0 Å². The van der Waals surface area contributed by atoms with Crippen molar-refractivity contribution in [2.75, 3.05) is 14.2 Å². The van der Waals surface area contributed by atoms with Gasteiger partial charge in [-0.25, -0.2) is 9.38 Å². The summed E-state index contributed by atoms with van der Waals surface area (Å²) >= 11 is 7.68. The molecule has 0 bridgehead atoms. The fourth-order valence-electron chi connectivity index (χ4n) is 3.99. The number of amides is 1. The maximum Gasteiger partial charge on any atom is 0.267 e. The standard InChI is InChI=1S/C24H24ClFN2O3S/c1-30-20-12-15(17(25)14-21(20)31-2)13-22-23(29)28(16-8-4-3-5-9-16)24(32-22)27-19-11-7-6-10-18(19)26/h6-7,10-14,16H,3-5,8-9H2,1-2H3/b22-13-,27-24?. The quantitative estimate of drug-likeness (QED) is 0.468. The first-order chi connectivity index (χ1) is 15.5. The Morgan fingerprint density at radius 2 is 1.81 bits per heavy atom. The molecule has 2 aromatic rings. The molecule has 0 spiro atoms.